The van der Waals surface area contributed by atoms with Gasteiger partial charge in [-0.15, -0.1) is 0 Å². The maximum atomic E-state index is 14.6. The van der Waals surface area contributed by atoms with E-state index in [0.29, 0.717) is 12.8 Å². The summed E-state index contributed by atoms with van der Waals surface area (Å²) >= 11 is 0. The number of pyridine rings is 1. The lowest BCUT2D eigenvalue weighted by atomic mass is 9.83. The van der Waals surface area contributed by atoms with Gasteiger partial charge in [-0.1, -0.05) is 36.4 Å². The van der Waals surface area contributed by atoms with E-state index >= 15 is 0 Å². The summed E-state index contributed by atoms with van der Waals surface area (Å²) in [6, 6.07) is 10.6. The van der Waals surface area contributed by atoms with Gasteiger partial charge in [0.05, 0.1) is 18.6 Å². The summed E-state index contributed by atoms with van der Waals surface area (Å²) in [6.07, 6.45) is 2.29. The summed E-state index contributed by atoms with van der Waals surface area (Å²) < 4.78 is 50.0. The van der Waals surface area contributed by atoms with Gasteiger partial charge in [0, 0.05) is 30.4 Å². The molecule has 3 aliphatic heterocycles. The highest BCUT2D eigenvalue weighted by atomic mass is 19.1. The molecular formula is C31H31F3N4O5. The molecule has 4 atom stereocenters. The van der Waals surface area contributed by atoms with E-state index in [2.05, 4.69) is 0 Å². The molecule has 3 aromatic rings. The number of fused-ring (bicyclic) bond motifs is 5. The molecular weight excluding hydrogens is 565 g/mol. The average Bonchev–Trinajstić information content (AvgIpc) is 3.22. The van der Waals surface area contributed by atoms with Crippen molar-refractivity contribution < 1.29 is 32.3 Å². The number of alkyl halides is 1. The van der Waals surface area contributed by atoms with Gasteiger partial charge in [-0.25, -0.2) is 13.2 Å². The first-order valence-corrected chi connectivity index (χ1v) is 14.1. The number of primary amides is 1. The molecule has 2 bridgehead atoms. The van der Waals surface area contributed by atoms with Crippen LogP contribution in [0.1, 0.15) is 64.2 Å². The third kappa shape index (κ3) is 5.08. The first kappa shape index (κ1) is 28.9. The van der Waals surface area contributed by atoms with E-state index in [9.17, 15) is 27.6 Å². The van der Waals surface area contributed by atoms with Gasteiger partial charge >= 0.3 is 0 Å². The topological polar surface area (TPSA) is 107 Å². The molecule has 2 aromatic carbocycles. The predicted molar refractivity (Wildman–Crippen MR) is 149 cm³/mol. The second-order valence-electron chi connectivity index (χ2n) is 11.4. The number of rotatable bonds is 7. The van der Waals surface area contributed by atoms with Crippen LogP contribution in [-0.2, 0) is 18.0 Å². The van der Waals surface area contributed by atoms with Gasteiger partial charge in [0.1, 0.15) is 36.1 Å². The van der Waals surface area contributed by atoms with Crippen LogP contribution in [0.4, 0.5) is 13.2 Å². The minimum Gasteiger partial charge on any atom is -0.483 e. The maximum Gasteiger partial charge on any atom is 0.274 e. The second kappa shape index (κ2) is 11.2. The van der Waals surface area contributed by atoms with E-state index in [0.717, 1.165) is 11.6 Å². The minimum atomic E-state index is -1.02. The van der Waals surface area contributed by atoms with Crippen LogP contribution in [-0.4, -0.2) is 57.2 Å². The summed E-state index contributed by atoms with van der Waals surface area (Å²) in [6.45, 7) is 1.09. The number of hydrogen-bond donors (Lipinski definition) is 1. The number of benzene rings is 2. The molecule has 2 fully saturated rings. The van der Waals surface area contributed by atoms with Crippen LogP contribution in [0.15, 0.2) is 59.5 Å². The lowest BCUT2D eigenvalue weighted by Gasteiger charge is -2.43. The highest BCUT2D eigenvalue weighted by Crippen LogP contribution is 2.49. The predicted octanol–water partition coefficient (Wildman–Crippen LogP) is 3.90. The smallest absolute Gasteiger partial charge is 0.274 e. The van der Waals surface area contributed by atoms with Crippen molar-refractivity contribution in [3.8, 4) is 5.75 Å². The molecule has 6 rings (SSSR count). The second-order valence-corrected chi connectivity index (χ2v) is 11.4. The molecule has 43 heavy (non-hydrogen) atoms. The van der Waals surface area contributed by atoms with Crippen molar-refractivity contribution in [1.29, 1.82) is 0 Å². The molecule has 226 valence electrons. The van der Waals surface area contributed by atoms with Crippen LogP contribution < -0.4 is 15.9 Å². The molecule has 2 saturated heterocycles. The Hall–Kier alpha value is -4.16. The zero-order chi connectivity index (χ0) is 30.5. The summed E-state index contributed by atoms with van der Waals surface area (Å²) in [5, 5.41) is 1.61. The summed E-state index contributed by atoms with van der Waals surface area (Å²) in [4.78, 5) is 47.9. The summed E-state index contributed by atoms with van der Waals surface area (Å²) in [5.41, 5.74) is 4.25. The Bertz CT molecular complexity index is 1630. The lowest BCUT2D eigenvalue weighted by Crippen LogP contribution is -2.53. The Kier molecular flexibility index (Phi) is 7.51. The van der Waals surface area contributed by atoms with Crippen molar-refractivity contribution >= 4 is 11.8 Å². The van der Waals surface area contributed by atoms with Gasteiger partial charge in [0.15, 0.2) is 11.4 Å². The van der Waals surface area contributed by atoms with Crippen molar-refractivity contribution in [2.75, 3.05) is 13.2 Å². The monoisotopic (exact) mass is 596 g/mol. The van der Waals surface area contributed by atoms with E-state index in [1.165, 1.54) is 27.8 Å². The molecule has 1 aromatic heterocycles. The van der Waals surface area contributed by atoms with Crippen molar-refractivity contribution in [1.82, 2.24) is 14.5 Å². The molecule has 2 amide bonds. The standard InChI is InChI=1S/C31H31F3N4O5/c1-18-12-31(43-38(18)14-20-7-8-21(33)11-24(20)34)10-9-22(13-32)36-16-25(31)37-15-23(29(35)40)27(39)28(26(37)30(36)41)42-17-19-5-3-2-4-6-19/h2-8,11,15,18,22,25H,9-10,12-14,16-17H2,1H3,(H2,35,40)/t18-,22?,25-,31+/m1/s1. The highest BCUT2D eigenvalue weighted by molar-refractivity contribution is 5.99. The molecule has 2 N–H and O–H groups in total. The van der Waals surface area contributed by atoms with Crippen LogP contribution in [0.5, 0.6) is 5.75 Å². The number of hydroxylamine groups is 2. The molecule has 9 nitrogen and oxygen atoms in total. The number of aromatic nitrogens is 1. The van der Waals surface area contributed by atoms with Gasteiger partial charge in [-0.3, -0.25) is 19.2 Å². The maximum absolute atomic E-state index is 14.6. The van der Waals surface area contributed by atoms with Crippen LogP contribution in [0.2, 0.25) is 0 Å². The SMILES string of the molecule is C[C@@H]1C[C@]2(CCC(CF)N3C[C@H]2n2cc(C(N)=O)c(=O)c(OCc4ccccc4)c2C3=O)ON1Cc1ccc(F)cc1F. The molecule has 0 radical (unpaired) electrons. The number of carbonyl (C=O) groups excluding carboxylic acids is 2. The van der Waals surface area contributed by atoms with Gasteiger partial charge in [-0.05, 0) is 37.8 Å². The fraction of sp³-hybridized carbons (Fsp3) is 0.387. The molecule has 12 heteroatoms. The molecule has 3 aliphatic rings. The van der Waals surface area contributed by atoms with E-state index in [-0.39, 0.29) is 54.7 Å². The molecule has 0 saturated carbocycles. The van der Waals surface area contributed by atoms with E-state index in [1.54, 1.807) is 29.3 Å². The van der Waals surface area contributed by atoms with Crippen molar-refractivity contribution in [2.45, 2.75) is 63.1 Å². The van der Waals surface area contributed by atoms with Gasteiger partial charge in [0.25, 0.3) is 11.8 Å². The van der Waals surface area contributed by atoms with E-state index in [4.69, 9.17) is 15.3 Å². The third-order valence-electron chi connectivity index (χ3n) is 8.75. The fourth-order valence-electron chi connectivity index (χ4n) is 6.54. The Morgan fingerprint density at radius 2 is 1.93 bits per heavy atom. The van der Waals surface area contributed by atoms with Gasteiger partial charge < -0.3 is 19.9 Å². The average molecular weight is 597 g/mol. The number of ether oxygens (including phenoxy) is 1. The number of nitrogens with zero attached hydrogens (tertiary/aromatic N) is 3. The summed E-state index contributed by atoms with van der Waals surface area (Å²) in [5.74, 6) is -3.33. The zero-order valence-electron chi connectivity index (χ0n) is 23.5. The van der Waals surface area contributed by atoms with E-state index < -0.39 is 53.2 Å². The highest BCUT2D eigenvalue weighted by Gasteiger charge is 2.56. The van der Waals surface area contributed by atoms with Crippen molar-refractivity contribution in [3.05, 3.63) is 99.0 Å². The number of nitrogens with two attached hydrogens (primary N) is 1. The largest absolute Gasteiger partial charge is 0.483 e. The van der Waals surface area contributed by atoms with E-state index in [1.807, 2.05) is 13.0 Å². The number of amides is 2. The van der Waals surface area contributed by atoms with Gasteiger partial charge in [-0.2, -0.15) is 5.06 Å². The molecule has 1 unspecified atom stereocenters. The first-order valence-electron chi connectivity index (χ1n) is 14.1. The summed E-state index contributed by atoms with van der Waals surface area (Å²) in [7, 11) is 0. The Morgan fingerprint density at radius 3 is 2.63 bits per heavy atom. The normalized spacial score (nSPS) is 25.1. The minimum absolute atomic E-state index is 0.0198. The Balaban J connectivity index is 1.45. The van der Waals surface area contributed by atoms with Crippen LogP contribution in [0, 0.1) is 11.6 Å². The number of halogens is 3. The van der Waals surface area contributed by atoms with Crippen molar-refractivity contribution in [2.24, 2.45) is 5.73 Å². The Morgan fingerprint density at radius 1 is 1.16 bits per heavy atom. The zero-order valence-corrected chi connectivity index (χ0v) is 23.5. The van der Waals surface area contributed by atoms with Crippen LogP contribution in [0.25, 0.3) is 0 Å². The Labute approximate surface area is 245 Å². The molecule has 4 heterocycles. The quantitative estimate of drug-likeness (QED) is 0.444. The fourth-order valence-corrected chi connectivity index (χ4v) is 6.54. The van der Waals surface area contributed by atoms with Crippen molar-refractivity contribution in [3.63, 3.8) is 0 Å². The molecule has 0 aliphatic carbocycles. The van der Waals surface area contributed by atoms with Gasteiger partial charge in [0.2, 0.25) is 5.43 Å². The first-order chi connectivity index (χ1) is 20.6. The number of carbonyl (C=O) groups is 2. The molecule has 1 spiro atoms. The third-order valence-corrected chi connectivity index (χ3v) is 8.75. The number of hydrogen-bond acceptors (Lipinski definition) is 6. The van der Waals surface area contributed by atoms with Crippen LogP contribution in [0.3, 0.4) is 0 Å². The van der Waals surface area contributed by atoms with Crippen LogP contribution >= 0.6 is 0 Å². The lowest BCUT2D eigenvalue weighted by molar-refractivity contribution is -0.225.